The molecule has 0 aliphatic carbocycles. The fourth-order valence-corrected chi connectivity index (χ4v) is 4.19. The van der Waals surface area contributed by atoms with Crippen molar-refractivity contribution in [2.24, 2.45) is 0 Å². The molecule has 1 aromatic rings. The number of nitrogen functional groups attached to an aromatic ring is 1. The van der Waals surface area contributed by atoms with Crippen LogP contribution in [0.15, 0.2) is 6.07 Å². The van der Waals surface area contributed by atoms with Gasteiger partial charge in [0.1, 0.15) is 4.88 Å². The average molecular weight is 294 g/mol. The summed E-state index contributed by atoms with van der Waals surface area (Å²) in [5, 5.41) is 3.96. The lowest BCUT2D eigenvalue weighted by molar-refractivity contribution is 0.0960. The van der Waals surface area contributed by atoms with Crippen molar-refractivity contribution < 1.29 is 4.79 Å². The highest BCUT2D eigenvalue weighted by Crippen LogP contribution is 2.34. The van der Waals surface area contributed by atoms with Crippen LogP contribution in [0, 0.1) is 0 Å². The Bertz CT molecular complexity index is 501. The summed E-state index contributed by atoms with van der Waals surface area (Å²) in [7, 11) is 0. The van der Waals surface area contributed by atoms with Crippen molar-refractivity contribution >= 4 is 27.9 Å². The van der Waals surface area contributed by atoms with Gasteiger partial charge in [0.2, 0.25) is 0 Å². The number of nitrogens with two attached hydrogens (primary N) is 1. The van der Waals surface area contributed by atoms with Crippen LogP contribution in [0.3, 0.4) is 0 Å². The molecule has 5 nitrogen and oxygen atoms in total. The third-order valence-electron chi connectivity index (χ3n) is 4.19. The molecule has 0 bridgehead atoms. The van der Waals surface area contributed by atoms with Gasteiger partial charge in [-0.1, -0.05) is 0 Å². The van der Waals surface area contributed by atoms with Gasteiger partial charge in [-0.3, -0.25) is 9.69 Å². The summed E-state index contributed by atoms with van der Waals surface area (Å²) in [6.07, 6.45) is 2.61. The minimum Gasteiger partial charge on any atom is -0.397 e. The van der Waals surface area contributed by atoms with Gasteiger partial charge in [0, 0.05) is 32.2 Å². The van der Waals surface area contributed by atoms with Gasteiger partial charge in [-0.05, 0) is 32.4 Å². The van der Waals surface area contributed by atoms with Crippen molar-refractivity contribution in [1.29, 1.82) is 0 Å². The van der Waals surface area contributed by atoms with Crippen LogP contribution in [-0.2, 0) is 0 Å². The van der Waals surface area contributed by atoms with Crippen molar-refractivity contribution in [3.63, 3.8) is 0 Å². The van der Waals surface area contributed by atoms with E-state index in [1.54, 1.807) is 0 Å². The van der Waals surface area contributed by atoms with E-state index in [4.69, 9.17) is 5.73 Å². The molecule has 3 N–H and O–H groups in total. The SMILES string of the molecule is CCNC(=O)c1sc(N2CCN3CCCC3C2)cc1N. The molecule has 0 aromatic carbocycles. The van der Waals surface area contributed by atoms with E-state index in [1.807, 2.05) is 13.0 Å². The van der Waals surface area contributed by atoms with E-state index in [0.29, 0.717) is 23.2 Å². The molecule has 1 unspecified atom stereocenters. The lowest BCUT2D eigenvalue weighted by Crippen LogP contribution is -2.49. The maximum Gasteiger partial charge on any atom is 0.263 e. The molecule has 1 aromatic heterocycles. The van der Waals surface area contributed by atoms with Crippen LogP contribution in [0.5, 0.6) is 0 Å². The number of nitrogens with zero attached hydrogens (tertiary/aromatic N) is 2. The predicted octanol–water partition coefficient (Wildman–Crippen LogP) is 1.36. The molecule has 0 saturated carbocycles. The van der Waals surface area contributed by atoms with Gasteiger partial charge in [-0.2, -0.15) is 0 Å². The van der Waals surface area contributed by atoms with Crippen molar-refractivity contribution in [3.8, 4) is 0 Å². The number of rotatable bonds is 3. The quantitative estimate of drug-likeness (QED) is 0.884. The number of hydrogen-bond donors (Lipinski definition) is 2. The van der Waals surface area contributed by atoms with Crippen LogP contribution in [0.2, 0.25) is 0 Å². The number of nitrogens with one attached hydrogen (secondary N) is 1. The van der Waals surface area contributed by atoms with E-state index in [1.165, 1.54) is 30.7 Å². The first-order valence-corrected chi connectivity index (χ1v) is 8.17. The van der Waals surface area contributed by atoms with E-state index in [2.05, 4.69) is 15.1 Å². The van der Waals surface area contributed by atoms with E-state index < -0.39 is 0 Å². The smallest absolute Gasteiger partial charge is 0.263 e. The minimum atomic E-state index is -0.0549. The van der Waals surface area contributed by atoms with Crippen LogP contribution in [0.4, 0.5) is 10.7 Å². The number of piperazine rings is 1. The molecular formula is C14H22N4OS. The molecule has 3 heterocycles. The average Bonchev–Trinajstić information content (AvgIpc) is 3.04. The van der Waals surface area contributed by atoms with Crippen molar-refractivity contribution in [2.75, 3.05) is 43.4 Å². The van der Waals surface area contributed by atoms with Gasteiger partial charge in [0.25, 0.3) is 5.91 Å². The summed E-state index contributed by atoms with van der Waals surface area (Å²) in [4.78, 5) is 17.6. The van der Waals surface area contributed by atoms with E-state index in [9.17, 15) is 4.79 Å². The number of carbonyl (C=O) groups excluding carboxylic acids is 1. The van der Waals surface area contributed by atoms with Gasteiger partial charge >= 0.3 is 0 Å². The van der Waals surface area contributed by atoms with Crippen LogP contribution >= 0.6 is 11.3 Å². The van der Waals surface area contributed by atoms with E-state index >= 15 is 0 Å². The largest absolute Gasteiger partial charge is 0.397 e. The van der Waals surface area contributed by atoms with Gasteiger partial charge in [-0.25, -0.2) is 0 Å². The monoisotopic (exact) mass is 294 g/mol. The van der Waals surface area contributed by atoms with Crippen LogP contribution in [0.25, 0.3) is 0 Å². The third-order valence-corrected chi connectivity index (χ3v) is 5.40. The predicted molar refractivity (Wildman–Crippen MR) is 83.5 cm³/mol. The first-order valence-electron chi connectivity index (χ1n) is 7.35. The Morgan fingerprint density at radius 1 is 1.50 bits per heavy atom. The Morgan fingerprint density at radius 3 is 3.15 bits per heavy atom. The van der Waals surface area contributed by atoms with Gasteiger partial charge in [0.15, 0.2) is 0 Å². The normalized spacial score (nSPS) is 22.9. The summed E-state index contributed by atoms with van der Waals surface area (Å²) < 4.78 is 0. The molecule has 3 rings (SSSR count). The summed E-state index contributed by atoms with van der Waals surface area (Å²) in [5.74, 6) is -0.0549. The van der Waals surface area contributed by atoms with Gasteiger partial charge in [-0.15, -0.1) is 11.3 Å². The molecule has 2 fully saturated rings. The summed E-state index contributed by atoms with van der Waals surface area (Å²) in [6, 6.07) is 2.64. The second-order valence-corrected chi connectivity index (χ2v) is 6.54. The topological polar surface area (TPSA) is 61.6 Å². The van der Waals surface area contributed by atoms with Gasteiger partial charge in [0.05, 0.1) is 10.7 Å². The lowest BCUT2D eigenvalue weighted by atomic mass is 10.1. The highest BCUT2D eigenvalue weighted by Gasteiger charge is 2.31. The number of amides is 1. The first-order chi connectivity index (χ1) is 9.69. The zero-order valence-electron chi connectivity index (χ0n) is 11.9. The summed E-state index contributed by atoms with van der Waals surface area (Å²) in [5.41, 5.74) is 6.60. The molecule has 2 aliphatic heterocycles. The Hall–Kier alpha value is -1.27. The Morgan fingerprint density at radius 2 is 2.35 bits per heavy atom. The number of anilines is 2. The molecule has 2 aliphatic rings. The summed E-state index contributed by atoms with van der Waals surface area (Å²) >= 11 is 1.52. The Kier molecular flexibility index (Phi) is 3.85. The highest BCUT2D eigenvalue weighted by molar-refractivity contribution is 7.18. The number of hydrogen-bond acceptors (Lipinski definition) is 5. The lowest BCUT2D eigenvalue weighted by Gasteiger charge is -2.38. The van der Waals surface area contributed by atoms with Gasteiger partial charge < -0.3 is 16.0 Å². The van der Waals surface area contributed by atoms with Crippen LogP contribution in [-0.4, -0.2) is 49.6 Å². The maximum absolute atomic E-state index is 11.9. The number of carbonyl (C=O) groups is 1. The summed E-state index contributed by atoms with van der Waals surface area (Å²) in [6.45, 7) is 7.02. The van der Waals surface area contributed by atoms with E-state index in [0.717, 1.165) is 24.6 Å². The van der Waals surface area contributed by atoms with Crippen LogP contribution < -0.4 is 16.0 Å². The Labute approximate surface area is 123 Å². The van der Waals surface area contributed by atoms with E-state index in [-0.39, 0.29) is 5.91 Å². The Balaban J connectivity index is 1.74. The molecule has 20 heavy (non-hydrogen) atoms. The van der Waals surface area contributed by atoms with Crippen molar-refractivity contribution in [3.05, 3.63) is 10.9 Å². The maximum atomic E-state index is 11.9. The fourth-order valence-electron chi connectivity index (χ4n) is 3.16. The highest BCUT2D eigenvalue weighted by atomic mass is 32.1. The molecule has 1 amide bonds. The second kappa shape index (κ2) is 5.61. The minimum absolute atomic E-state index is 0.0549. The first kappa shape index (κ1) is 13.7. The molecule has 6 heteroatoms. The molecular weight excluding hydrogens is 272 g/mol. The zero-order valence-corrected chi connectivity index (χ0v) is 12.7. The standard InChI is InChI=1S/C14H22N4OS/c1-2-16-14(19)13-11(15)8-12(20-13)18-7-6-17-5-3-4-10(17)9-18/h8,10H,2-7,9,15H2,1H3,(H,16,19). The molecule has 1 atom stereocenters. The molecule has 0 spiro atoms. The third kappa shape index (κ3) is 2.50. The number of thiophene rings is 1. The molecule has 2 saturated heterocycles. The second-order valence-electron chi connectivity index (χ2n) is 5.51. The van der Waals surface area contributed by atoms with Crippen molar-refractivity contribution in [1.82, 2.24) is 10.2 Å². The fraction of sp³-hybridized carbons (Fsp3) is 0.643. The zero-order chi connectivity index (χ0) is 14.1. The molecule has 110 valence electrons. The van der Waals surface area contributed by atoms with Crippen molar-refractivity contribution in [2.45, 2.75) is 25.8 Å². The van der Waals surface area contributed by atoms with Crippen LogP contribution in [0.1, 0.15) is 29.4 Å². The molecule has 0 radical (unpaired) electrons. The number of fused-ring (bicyclic) bond motifs is 1.